The SMILES string of the molecule is CCc1cccc(Nc2nc3ccccc3nc2N)c1. The normalized spacial score (nSPS) is 10.7. The molecule has 0 aliphatic rings. The van der Waals surface area contributed by atoms with E-state index in [0.717, 1.165) is 23.1 Å². The van der Waals surface area contributed by atoms with Gasteiger partial charge in [0.05, 0.1) is 11.0 Å². The van der Waals surface area contributed by atoms with Gasteiger partial charge < -0.3 is 11.1 Å². The summed E-state index contributed by atoms with van der Waals surface area (Å²) in [5.41, 5.74) is 9.84. The Morgan fingerprint density at radius 1 is 1.00 bits per heavy atom. The van der Waals surface area contributed by atoms with Crippen LogP contribution >= 0.6 is 0 Å². The first-order valence-corrected chi connectivity index (χ1v) is 6.64. The van der Waals surface area contributed by atoms with Crippen LogP contribution in [-0.4, -0.2) is 9.97 Å². The lowest BCUT2D eigenvalue weighted by Crippen LogP contribution is -2.02. The fourth-order valence-electron chi connectivity index (χ4n) is 2.11. The summed E-state index contributed by atoms with van der Waals surface area (Å²) in [6.45, 7) is 2.13. The Kier molecular flexibility index (Phi) is 3.21. The van der Waals surface area contributed by atoms with Gasteiger partial charge in [-0.1, -0.05) is 31.2 Å². The molecule has 0 spiro atoms. The number of nitrogens with two attached hydrogens (primary N) is 1. The van der Waals surface area contributed by atoms with E-state index in [2.05, 4.69) is 34.3 Å². The molecule has 0 aliphatic heterocycles. The zero-order valence-electron chi connectivity index (χ0n) is 11.3. The van der Waals surface area contributed by atoms with E-state index in [1.165, 1.54) is 5.56 Å². The molecule has 0 atom stereocenters. The molecule has 4 heteroatoms. The number of hydrogen-bond acceptors (Lipinski definition) is 4. The average molecular weight is 264 g/mol. The maximum absolute atomic E-state index is 5.97. The average Bonchev–Trinajstić information content (AvgIpc) is 2.48. The molecule has 100 valence electrons. The van der Waals surface area contributed by atoms with Crippen molar-refractivity contribution in [3.8, 4) is 0 Å². The zero-order chi connectivity index (χ0) is 13.9. The van der Waals surface area contributed by atoms with Gasteiger partial charge in [-0.05, 0) is 36.2 Å². The Bertz CT molecular complexity index is 752. The Morgan fingerprint density at radius 3 is 2.50 bits per heavy atom. The van der Waals surface area contributed by atoms with Gasteiger partial charge in [-0.15, -0.1) is 0 Å². The summed E-state index contributed by atoms with van der Waals surface area (Å²) in [5.74, 6) is 1.00. The molecule has 3 N–H and O–H groups in total. The van der Waals surface area contributed by atoms with Gasteiger partial charge in [-0.2, -0.15) is 0 Å². The first-order valence-electron chi connectivity index (χ1n) is 6.64. The minimum Gasteiger partial charge on any atom is -0.381 e. The topological polar surface area (TPSA) is 63.8 Å². The van der Waals surface area contributed by atoms with Crippen molar-refractivity contribution in [1.29, 1.82) is 0 Å². The van der Waals surface area contributed by atoms with Crippen molar-refractivity contribution in [2.45, 2.75) is 13.3 Å². The van der Waals surface area contributed by atoms with Crippen LogP contribution in [0.15, 0.2) is 48.5 Å². The Hall–Kier alpha value is -2.62. The molecule has 1 aromatic heterocycles. The summed E-state index contributed by atoms with van der Waals surface area (Å²) < 4.78 is 0. The number of rotatable bonds is 3. The molecule has 2 aromatic carbocycles. The van der Waals surface area contributed by atoms with E-state index in [1.54, 1.807) is 0 Å². The Labute approximate surface area is 117 Å². The van der Waals surface area contributed by atoms with E-state index in [0.29, 0.717) is 11.6 Å². The number of anilines is 3. The second kappa shape index (κ2) is 5.17. The fraction of sp³-hybridized carbons (Fsp3) is 0.125. The smallest absolute Gasteiger partial charge is 0.174 e. The highest BCUT2D eigenvalue weighted by Crippen LogP contribution is 2.23. The van der Waals surface area contributed by atoms with Crippen LogP contribution < -0.4 is 11.1 Å². The van der Waals surface area contributed by atoms with Gasteiger partial charge in [0.1, 0.15) is 0 Å². The maximum Gasteiger partial charge on any atom is 0.174 e. The number of benzene rings is 2. The standard InChI is InChI=1S/C16H16N4/c1-2-11-6-5-7-12(10-11)18-16-15(17)19-13-8-3-4-9-14(13)20-16/h3-10H,2H2,1H3,(H2,17,19)(H,18,20). The van der Waals surface area contributed by atoms with Crippen molar-refractivity contribution < 1.29 is 0 Å². The van der Waals surface area contributed by atoms with Crippen LogP contribution in [0.1, 0.15) is 12.5 Å². The van der Waals surface area contributed by atoms with E-state index in [1.807, 2.05) is 36.4 Å². The second-order valence-corrected chi connectivity index (χ2v) is 4.63. The van der Waals surface area contributed by atoms with Crippen LogP contribution in [0, 0.1) is 0 Å². The van der Waals surface area contributed by atoms with Crippen molar-refractivity contribution in [1.82, 2.24) is 9.97 Å². The summed E-state index contributed by atoms with van der Waals surface area (Å²) >= 11 is 0. The van der Waals surface area contributed by atoms with Crippen LogP contribution in [-0.2, 0) is 6.42 Å². The third-order valence-corrected chi connectivity index (χ3v) is 3.20. The molecule has 0 saturated heterocycles. The summed E-state index contributed by atoms with van der Waals surface area (Å²) in [4.78, 5) is 8.89. The molecule has 3 rings (SSSR count). The molecule has 0 bridgehead atoms. The molecule has 0 amide bonds. The number of hydrogen-bond donors (Lipinski definition) is 2. The first-order chi connectivity index (χ1) is 9.76. The van der Waals surface area contributed by atoms with E-state index < -0.39 is 0 Å². The maximum atomic E-state index is 5.97. The number of fused-ring (bicyclic) bond motifs is 1. The molecular formula is C16H16N4. The molecule has 0 radical (unpaired) electrons. The van der Waals surface area contributed by atoms with E-state index in [4.69, 9.17) is 5.73 Å². The zero-order valence-corrected chi connectivity index (χ0v) is 11.3. The molecule has 4 nitrogen and oxygen atoms in total. The van der Waals surface area contributed by atoms with E-state index >= 15 is 0 Å². The summed E-state index contributed by atoms with van der Waals surface area (Å²) in [6.07, 6.45) is 0.994. The first kappa shape index (κ1) is 12.4. The van der Waals surface area contributed by atoms with Gasteiger partial charge in [-0.3, -0.25) is 0 Å². The van der Waals surface area contributed by atoms with Crippen LogP contribution in [0.4, 0.5) is 17.3 Å². The molecule has 1 heterocycles. The highest BCUT2D eigenvalue weighted by molar-refractivity contribution is 5.80. The van der Waals surface area contributed by atoms with Gasteiger partial charge in [0.15, 0.2) is 11.6 Å². The lowest BCUT2D eigenvalue weighted by Gasteiger charge is -2.10. The van der Waals surface area contributed by atoms with Crippen molar-refractivity contribution in [3.05, 3.63) is 54.1 Å². The monoisotopic (exact) mass is 264 g/mol. The number of para-hydroxylation sites is 2. The minimum absolute atomic E-state index is 0.408. The van der Waals surface area contributed by atoms with E-state index in [9.17, 15) is 0 Å². The molecule has 20 heavy (non-hydrogen) atoms. The molecule has 0 fully saturated rings. The molecule has 3 aromatic rings. The Balaban J connectivity index is 1.99. The summed E-state index contributed by atoms with van der Waals surface area (Å²) in [6, 6.07) is 15.9. The number of aromatic nitrogens is 2. The molecule has 0 unspecified atom stereocenters. The van der Waals surface area contributed by atoms with Gasteiger partial charge in [0.25, 0.3) is 0 Å². The Morgan fingerprint density at radius 2 is 1.75 bits per heavy atom. The minimum atomic E-state index is 0.408. The van der Waals surface area contributed by atoms with E-state index in [-0.39, 0.29) is 0 Å². The molecular weight excluding hydrogens is 248 g/mol. The predicted molar refractivity (Wildman–Crippen MR) is 83.1 cm³/mol. The van der Waals surface area contributed by atoms with Crippen molar-refractivity contribution in [3.63, 3.8) is 0 Å². The molecule has 0 saturated carbocycles. The lowest BCUT2D eigenvalue weighted by molar-refractivity contribution is 1.14. The summed E-state index contributed by atoms with van der Waals surface area (Å²) in [5, 5.41) is 3.24. The highest BCUT2D eigenvalue weighted by atomic mass is 15.1. The van der Waals surface area contributed by atoms with Gasteiger partial charge in [0, 0.05) is 5.69 Å². The third kappa shape index (κ3) is 2.40. The number of nitrogens with one attached hydrogen (secondary N) is 1. The fourth-order valence-corrected chi connectivity index (χ4v) is 2.11. The van der Waals surface area contributed by atoms with Crippen molar-refractivity contribution >= 4 is 28.4 Å². The predicted octanol–water partition coefficient (Wildman–Crippen LogP) is 3.52. The highest BCUT2D eigenvalue weighted by Gasteiger charge is 2.06. The number of aryl methyl sites for hydroxylation is 1. The molecule has 0 aliphatic carbocycles. The lowest BCUT2D eigenvalue weighted by atomic mass is 10.1. The van der Waals surface area contributed by atoms with Gasteiger partial charge >= 0.3 is 0 Å². The quantitative estimate of drug-likeness (QED) is 0.759. The van der Waals surface area contributed by atoms with Crippen LogP contribution in [0.25, 0.3) is 11.0 Å². The van der Waals surface area contributed by atoms with Crippen molar-refractivity contribution in [2.75, 3.05) is 11.1 Å². The number of nitrogens with zero attached hydrogens (tertiary/aromatic N) is 2. The van der Waals surface area contributed by atoms with Crippen molar-refractivity contribution in [2.24, 2.45) is 0 Å². The third-order valence-electron chi connectivity index (χ3n) is 3.20. The second-order valence-electron chi connectivity index (χ2n) is 4.63. The van der Waals surface area contributed by atoms with Crippen LogP contribution in [0.5, 0.6) is 0 Å². The largest absolute Gasteiger partial charge is 0.381 e. The van der Waals surface area contributed by atoms with Gasteiger partial charge in [-0.25, -0.2) is 9.97 Å². The van der Waals surface area contributed by atoms with Gasteiger partial charge in [0.2, 0.25) is 0 Å². The van der Waals surface area contributed by atoms with Crippen LogP contribution in [0.3, 0.4) is 0 Å². The van der Waals surface area contributed by atoms with Crippen LogP contribution in [0.2, 0.25) is 0 Å². The summed E-state index contributed by atoms with van der Waals surface area (Å²) in [7, 11) is 0. The number of nitrogen functional groups attached to an aromatic ring is 1.